The number of furan rings is 1. The number of hydrogen-bond acceptors (Lipinski definition) is 7. The van der Waals surface area contributed by atoms with Crippen LogP contribution in [0.25, 0.3) is 21.3 Å². The van der Waals surface area contributed by atoms with Gasteiger partial charge in [-0.25, -0.2) is 4.98 Å². The van der Waals surface area contributed by atoms with Crippen LogP contribution in [0.5, 0.6) is 0 Å². The second kappa shape index (κ2) is 7.89. The molecule has 0 bridgehead atoms. The molecule has 0 saturated carbocycles. The molecule has 0 radical (unpaired) electrons. The van der Waals surface area contributed by atoms with Gasteiger partial charge < -0.3 is 21.2 Å². The Labute approximate surface area is 176 Å². The van der Waals surface area contributed by atoms with Crippen molar-refractivity contribution in [3.8, 4) is 17.2 Å². The van der Waals surface area contributed by atoms with Crippen LogP contribution >= 0.6 is 11.3 Å². The van der Waals surface area contributed by atoms with Crippen LogP contribution in [-0.4, -0.2) is 10.9 Å². The van der Waals surface area contributed by atoms with Crippen molar-refractivity contribution >= 4 is 39.0 Å². The van der Waals surface area contributed by atoms with Crippen molar-refractivity contribution in [3.05, 3.63) is 64.4 Å². The molecule has 8 heteroatoms. The van der Waals surface area contributed by atoms with Gasteiger partial charge in [-0.1, -0.05) is 31.2 Å². The first-order valence-corrected chi connectivity index (χ1v) is 10.2. The van der Waals surface area contributed by atoms with E-state index in [0.29, 0.717) is 26.4 Å². The number of nitrogen functional groups attached to an aromatic ring is 2. The van der Waals surface area contributed by atoms with Gasteiger partial charge >= 0.3 is 0 Å². The fraction of sp³-hybridized carbons (Fsp3) is 0.136. The monoisotopic (exact) mass is 417 g/mol. The molecule has 0 atom stereocenters. The summed E-state index contributed by atoms with van der Waals surface area (Å²) in [5, 5.41) is 13.1. The largest absolute Gasteiger partial charge is 0.467 e. The summed E-state index contributed by atoms with van der Waals surface area (Å²) < 4.78 is 5.24. The summed E-state index contributed by atoms with van der Waals surface area (Å²) in [4.78, 5) is 17.9. The Morgan fingerprint density at radius 3 is 2.67 bits per heavy atom. The van der Waals surface area contributed by atoms with E-state index in [2.05, 4.69) is 23.3 Å². The summed E-state index contributed by atoms with van der Waals surface area (Å²) in [6.45, 7) is 2.31. The number of amides is 1. The second-order valence-corrected chi connectivity index (χ2v) is 7.70. The first kappa shape index (κ1) is 19.5. The smallest absolute Gasteiger partial charge is 0.263 e. The van der Waals surface area contributed by atoms with Gasteiger partial charge in [-0.05, 0) is 29.7 Å². The van der Waals surface area contributed by atoms with Crippen LogP contribution in [0.4, 0.5) is 11.5 Å². The third-order valence-electron chi connectivity index (χ3n) is 4.88. The number of nitrogens with zero attached hydrogens (tertiary/aromatic N) is 2. The lowest BCUT2D eigenvalue weighted by Gasteiger charge is -2.10. The Kier molecular flexibility index (Phi) is 5.12. The Morgan fingerprint density at radius 1 is 1.27 bits per heavy atom. The van der Waals surface area contributed by atoms with Gasteiger partial charge in [0.2, 0.25) is 0 Å². The Balaban J connectivity index is 1.83. The van der Waals surface area contributed by atoms with Gasteiger partial charge in [0.1, 0.15) is 32.9 Å². The number of aryl methyl sites for hydroxylation is 1. The molecule has 7 nitrogen and oxygen atoms in total. The van der Waals surface area contributed by atoms with Crippen LogP contribution in [0.15, 0.2) is 47.1 Å². The normalized spacial score (nSPS) is 10.8. The van der Waals surface area contributed by atoms with E-state index in [1.54, 1.807) is 18.4 Å². The first-order chi connectivity index (χ1) is 14.5. The standard InChI is InChI=1S/C22H19N5O2S/c1-2-12-5-7-13(8-6-12)16-15(10-23)20(25)27-22-17(16)18(24)19(30-22)21(28)26-11-14-4-3-9-29-14/h3-9H,2,11,24H2,1H3,(H2,25,27)(H,26,28). The van der Waals surface area contributed by atoms with E-state index in [1.165, 1.54) is 5.56 Å². The van der Waals surface area contributed by atoms with Gasteiger partial charge in [-0.15, -0.1) is 11.3 Å². The van der Waals surface area contributed by atoms with Crippen LogP contribution in [0.3, 0.4) is 0 Å². The molecule has 0 unspecified atom stereocenters. The minimum Gasteiger partial charge on any atom is -0.467 e. The molecule has 1 aromatic carbocycles. The van der Waals surface area contributed by atoms with E-state index in [-0.39, 0.29) is 29.5 Å². The fourth-order valence-electron chi connectivity index (χ4n) is 3.31. The summed E-state index contributed by atoms with van der Waals surface area (Å²) in [6.07, 6.45) is 2.45. The predicted octanol–water partition coefficient (Wildman–Crippen LogP) is 4.08. The molecule has 0 saturated heterocycles. The van der Waals surface area contributed by atoms with Gasteiger partial charge in [-0.2, -0.15) is 5.26 Å². The summed E-state index contributed by atoms with van der Waals surface area (Å²) in [5.41, 5.74) is 15.6. The fourth-order valence-corrected chi connectivity index (χ4v) is 4.34. The Bertz CT molecular complexity index is 1270. The summed E-state index contributed by atoms with van der Waals surface area (Å²) >= 11 is 1.15. The number of anilines is 2. The summed E-state index contributed by atoms with van der Waals surface area (Å²) in [5.74, 6) is 0.411. The van der Waals surface area contributed by atoms with E-state index in [4.69, 9.17) is 15.9 Å². The Morgan fingerprint density at radius 2 is 2.03 bits per heavy atom. The molecular formula is C22H19N5O2S. The number of pyridine rings is 1. The number of nitriles is 1. The highest BCUT2D eigenvalue weighted by Gasteiger charge is 2.24. The number of rotatable bonds is 5. The van der Waals surface area contributed by atoms with Crippen molar-refractivity contribution in [1.82, 2.24) is 10.3 Å². The van der Waals surface area contributed by atoms with Crippen LogP contribution in [0.1, 0.15) is 33.5 Å². The van der Waals surface area contributed by atoms with Crippen LogP contribution in [-0.2, 0) is 13.0 Å². The number of benzene rings is 1. The number of thiophene rings is 1. The summed E-state index contributed by atoms with van der Waals surface area (Å²) in [7, 11) is 0. The van der Waals surface area contributed by atoms with Crippen molar-refractivity contribution in [3.63, 3.8) is 0 Å². The zero-order valence-electron chi connectivity index (χ0n) is 16.2. The molecule has 1 amide bonds. The van der Waals surface area contributed by atoms with Crippen molar-refractivity contribution in [2.45, 2.75) is 19.9 Å². The lowest BCUT2D eigenvalue weighted by molar-refractivity contribution is 0.0953. The SMILES string of the molecule is CCc1ccc(-c2c(C#N)c(N)nc3sc(C(=O)NCc4ccco4)c(N)c23)cc1. The highest BCUT2D eigenvalue weighted by molar-refractivity contribution is 7.21. The maximum atomic E-state index is 12.8. The molecule has 30 heavy (non-hydrogen) atoms. The maximum Gasteiger partial charge on any atom is 0.263 e. The Hall–Kier alpha value is -3.83. The van der Waals surface area contributed by atoms with E-state index in [0.717, 1.165) is 23.3 Å². The van der Waals surface area contributed by atoms with E-state index in [1.807, 2.05) is 24.3 Å². The molecule has 3 heterocycles. The van der Waals surface area contributed by atoms with Crippen molar-refractivity contribution in [2.75, 3.05) is 11.5 Å². The molecule has 5 N–H and O–H groups in total. The van der Waals surface area contributed by atoms with E-state index < -0.39 is 0 Å². The lowest BCUT2D eigenvalue weighted by atomic mass is 9.96. The molecule has 0 fully saturated rings. The molecular weight excluding hydrogens is 398 g/mol. The number of nitrogens with one attached hydrogen (secondary N) is 1. The number of carbonyl (C=O) groups excluding carboxylic acids is 1. The predicted molar refractivity (Wildman–Crippen MR) is 118 cm³/mol. The third-order valence-corrected chi connectivity index (χ3v) is 5.98. The summed E-state index contributed by atoms with van der Waals surface area (Å²) in [6, 6.07) is 13.5. The van der Waals surface area contributed by atoms with Crippen LogP contribution < -0.4 is 16.8 Å². The van der Waals surface area contributed by atoms with Gasteiger partial charge in [0.05, 0.1) is 18.5 Å². The molecule has 4 aromatic rings. The molecule has 3 aromatic heterocycles. The average Bonchev–Trinajstić information content (AvgIpc) is 3.39. The number of hydrogen-bond donors (Lipinski definition) is 3. The molecule has 0 aliphatic rings. The van der Waals surface area contributed by atoms with Crippen LogP contribution in [0.2, 0.25) is 0 Å². The third kappa shape index (κ3) is 3.36. The van der Waals surface area contributed by atoms with Crippen molar-refractivity contribution in [2.24, 2.45) is 0 Å². The minimum absolute atomic E-state index is 0.114. The number of aromatic nitrogens is 1. The number of nitrogens with two attached hydrogens (primary N) is 2. The average molecular weight is 417 g/mol. The number of carbonyl (C=O) groups is 1. The molecule has 0 spiro atoms. The highest BCUT2D eigenvalue weighted by atomic mass is 32.1. The van der Waals surface area contributed by atoms with E-state index >= 15 is 0 Å². The molecule has 150 valence electrons. The molecule has 0 aliphatic carbocycles. The van der Waals surface area contributed by atoms with Crippen molar-refractivity contribution < 1.29 is 9.21 Å². The molecule has 4 rings (SSSR count). The topological polar surface area (TPSA) is 131 Å². The van der Waals surface area contributed by atoms with Crippen LogP contribution in [0, 0.1) is 11.3 Å². The minimum atomic E-state index is -0.337. The van der Waals surface area contributed by atoms with Gasteiger partial charge in [0, 0.05) is 10.9 Å². The maximum absolute atomic E-state index is 12.8. The quantitative estimate of drug-likeness (QED) is 0.448. The zero-order chi connectivity index (χ0) is 21.3. The second-order valence-electron chi connectivity index (χ2n) is 6.70. The lowest BCUT2D eigenvalue weighted by Crippen LogP contribution is -2.22. The van der Waals surface area contributed by atoms with Gasteiger partial charge in [0.25, 0.3) is 5.91 Å². The number of fused-ring (bicyclic) bond motifs is 1. The van der Waals surface area contributed by atoms with Gasteiger partial charge in [-0.3, -0.25) is 4.79 Å². The first-order valence-electron chi connectivity index (χ1n) is 9.34. The van der Waals surface area contributed by atoms with Gasteiger partial charge in [0.15, 0.2) is 0 Å². The van der Waals surface area contributed by atoms with Crippen molar-refractivity contribution in [1.29, 1.82) is 5.26 Å². The van der Waals surface area contributed by atoms with E-state index in [9.17, 15) is 10.1 Å². The molecule has 0 aliphatic heterocycles. The zero-order valence-corrected chi connectivity index (χ0v) is 17.0. The highest BCUT2D eigenvalue weighted by Crippen LogP contribution is 2.42.